The molecule has 4 rings (SSSR count). The molecular weight excluding hydrogens is 423 g/mol. The van der Waals surface area contributed by atoms with Gasteiger partial charge in [-0.1, -0.05) is 24.3 Å². The number of nitrogens with zero attached hydrogens (tertiary/aromatic N) is 2. The molecule has 0 bridgehead atoms. The van der Waals surface area contributed by atoms with Gasteiger partial charge in [0.2, 0.25) is 11.8 Å². The number of aromatic nitrogens is 2. The number of halogens is 1. The van der Waals surface area contributed by atoms with Gasteiger partial charge in [-0.15, -0.1) is 0 Å². The second-order valence-electron chi connectivity index (χ2n) is 7.45. The quantitative estimate of drug-likeness (QED) is 0.382. The molecule has 2 amide bonds. The summed E-state index contributed by atoms with van der Waals surface area (Å²) in [6.07, 6.45) is 6.24. The van der Waals surface area contributed by atoms with Crippen LogP contribution in [0.5, 0.6) is 0 Å². The third-order valence-corrected chi connectivity index (χ3v) is 5.11. The van der Waals surface area contributed by atoms with E-state index in [1.807, 2.05) is 28.8 Å². The molecule has 0 radical (unpaired) electrons. The van der Waals surface area contributed by atoms with Crippen LogP contribution in [-0.2, 0) is 16.1 Å². The highest BCUT2D eigenvalue weighted by Crippen LogP contribution is 2.20. The number of rotatable bonds is 9. The molecule has 0 saturated heterocycles. The number of benzene rings is 2. The SMILES string of the molecule is O=C(C=Cc1ccco1)NCCC(=O)NC(Cn1cnc2ccccc21)c1ccc(F)cc1. The first-order valence-electron chi connectivity index (χ1n) is 10.5. The molecule has 4 aromatic rings. The summed E-state index contributed by atoms with van der Waals surface area (Å²) in [5, 5.41) is 5.66. The van der Waals surface area contributed by atoms with Crippen molar-refractivity contribution < 1.29 is 18.4 Å². The zero-order valence-electron chi connectivity index (χ0n) is 17.8. The fraction of sp³-hybridized carbons (Fsp3) is 0.160. The van der Waals surface area contributed by atoms with Gasteiger partial charge in [0.25, 0.3) is 0 Å². The first-order chi connectivity index (χ1) is 16.1. The third-order valence-electron chi connectivity index (χ3n) is 5.11. The lowest BCUT2D eigenvalue weighted by Gasteiger charge is -2.20. The monoisotopic (exact) mass is 446 g/mol. The Morgan fingerprint density at radius 2 is 1.91 bits per heavy atom. The van der Waals surface area contributed by atoms with Crippen molar-refractivity contribution in [1.82, 2.24) is 20.2 Å². The van der Waals surface area contributed by atoms with Crippen LogP contribution in [0.25, 0.3) is 17.1 Å². The van der Waals surface area contributed by atoms with Crippen molar-refractivity contribution in [2.24, 2.45) is 0 Å². The zero-order chi connectivity index (χ0) is 23.0. The second kappa shape index (κ2) is 10.4. The molecule has 8 heteroatoms. The van der Waals surface area contributed by atoms with Gasteiger partial charge in [-0.3, -0.25) is 9.59 Å². The van der Waals surface area contributed by atoms with E-state index >= 15 is 0 Å². The van der Waals surface area contributed by atoms with Crippen LogP contribution in [0.3, 0.4) is 0 Å². The van der Waals surface area contributed by atoms with E-state index in [1.54, 1.807) is 36.7 Å². The Labute approximate surface area is 189 Å². The van der Waals surface area contributed by atoms with Crippen molar-refractivity contribution in [3.05, 3.63) is 96.5 Å². The van der Waals surface area contributed by atoms with Crippen LogP contribution >= 0.6 is 0 Å². The number of hydrogen-bond donors (Lipinski definition) is 2. The highest BCUT2D eigenvalue weighted by atomic mass is 19.1. The number of fused-ring (bicyclic) bond motifs is 1. The van der Waals surface area contributed by atoms with Gasteiger partial charge in [0.1, 0.15) is 11.6 Å². The Bertz CT molecular complexity index is 1250. The highest BCUT2D eigenvalue weighted by molar-refractivity contribution is 5.91. The van der Waals surface area contributed by atoms with E-state index in [4.69, 9.17) is 4.42 Å². The number of furan rings is 1. The van der Waals surface area contributed by atoms with Gasteiger partial charge in [-0.05, 0) is 48.0 Å². The number of carbonyl (C=O) groups is 2. The molecule has 0 saturated carbocycles. The minimum Gasteiger partial charge on any atom is -0.465 e. The van der Waals surface area contributed by atoms with Gasteiger partial charge in [0.05, 0.1) is 29.7 Å². The summed E-state index contributed by atoms with van der Waals surface area (Å²) < 4.78 is 20.5. The third kappa shape index (κ3) is 5.94. The number of para-hydroxylation sites is 2. The molecular formula is C25H23FN4O3. The Morgan fingerprint density at radius 3 is 2.70 bits per heavy atom. The lowest BCUT2D eigenvalue weighted by atomic mass is 10.1. The maximum absolute atomic E-state index is 13.4. The Balaban J connectivity index is 1.38. The molecule has 1 unspecified atom stereocenters. The lowest BCUT2D eigenvalue weighted by Crippen LogP contribution is -2.34. The van der Waals surface area contributed by atoms with Crippen molar-refractivity contribution in [3.8, 4) is 0 Å². The van der Waals surface area contributed by atoms with E-state index in [9.17, 15) is 14.0 Å². The summed E-state index contributed by atoms with van der Waals surface area (Å²) in [7, 11) is 0. The summed E-state index contributed by atoms with van der Waals surface area (Å²) >= 11 is 0. The van der Waals surface area contributed by atoms with E-state index in [2.05, 4.69) is 15.6 Å². The maximum atomic E-state index is 13.4. The second-order valence-corrected chi connectivity index (χ2v) is 7.45. The van der Waals surface area contributed by atoms with E-state index in [0.717, 1.165) is 16.6 Å². The van der Waals surface area contributed by atoms with E-state index in [-0.39, 0.29) is 30.6 Å². The summed E-state index contributed by atoms with van der Waals surface area (Å²) in [5.41, 5.74) is 2.56. The average molecular weight is 446 g/mol. The van der Waals surface area contributed by atoms with Gasteiger partial charge in [-0.25, -0.2) is 9.37 Å². The van der Waals surface area contributed by atoms with Crippen molar-refractivity contribution in [1.29, 1.82) is 0 Å². The van der Waals surface area contributed by atoms with Crippen LogP contribution in [0.15, 0.2) is 83.7 Å². The number of imidazole rings is 1. The van der Waals surface area contributed by atoms with Crippen LogP contribution in [0, 0.1) is 5.82 Å². The summed E-state index contributed by atoms with van der Waals surface area (Å²) in [6, 6.07) is 16.8. The normalized spacial score (nSPS) is 12.2. The molecule has 2 heterocycles. The highest BCUT2D eigenvalue weighted by Gasteiger charge is 2.17. The molecule has 2 aromatic heterocycles. The number of amides is 2. The summed E-state index contributed by atoms with van der Waals surface area (Å²) in [4.78, 5) is 28.9. The average Bonchev–Trinajstić information content (AvgIpc) is 3.48. The molecule has 33 heavy (non-hydrogen) atoms. The van der Waals surface area contributed by atoms with Gasteiger partial charge < -0.3 is 19.6 Å². The Morgan fingerprint density at radius 1 is 1.09 bits per heavy atom. The molecule has 0 aliphatic heterocycles. The molecule has 7 nitrogen and oxygen atoms in total. The van der Waals surface area contributed by atoms with Crippen LogP contribution < -0.4 is 10.6 Å². The smallest absolute Gasteiger partial charge is 0.244 e. The first kappa shape index (κ1) is 22.0. The minimum atomic E-state index is -0.398. The topological polar surface area (TPSA) is 89.2 Å². The first-order valence-corrected chi connectivity index (χ1v) is 10.5. The van der Waals surface area contributed by atoms with Gasteiger partial charge >= 0.3 is 0 Å². The van der Waals surface area contributed by atoms with Gasteiger partial charge in [0.15, 0.2) is 0 Å². The molecule has 2 N–H and O–H groups in total. The van der Waals surface area contributed by atoms with Gasteiger partial charge in [0, 0.05) is 25.6 Å². The lowest BCUT2D eigenvalue weighted by molar-refractivity contribution is -0.122. The van der Waals surface area contributed by atoms with Crippen LogP contribution in [0.4, 0.5) is 4.39 Å². The largest absolute Gasteiger partial charge is 0.465 e. The summed E-state index contributed by atoms with van der Waals surface area (Å²) in [6.45, 7) is 0.605. The van der Waals surface area contributed by atoms with Crippen molar-refractivity contribution in [2.75, 3.05) is 6.54 Å². The number of nitrogens with one attached hydrogen (secondary N) is 2. The Hall–Kier alpha value is -4.20. The molecule has 0 spiro atoms. The number of carbonyl (C=O) groups excluding carboxylic acids is 2. The van der Waals surface area contributed by atoms with Crippen LogP contribution in [-0.4, -0.2) is 27.9 Å². The standard InChI is InChI=1S/C25H23FN4O3/c26-19-9-7-18(8-10-19)22(16-30-17-28-21-5-1-2-6-23(21)30)29-25(32)13-14-27-24(31)12-11-20-4-3-15-33-20/h1-12,15,17,22H,13-14,16H2,(H,27,31)(H,29,32). The van der Waals surface area contributed by atoms with Crippen LogP contribution in [0.2, 0.25) is 0 Å². The molecule has 0 aliphatic carbocycles. The maximum Gasteiger partial charge on any atom is 0.244 e. The van der Waals surface area contributed by atoms with Crippen molar-refractivity contribution >= 4 is 28.9 Å². The minimum absolute atomic E-state index is 0.0999. The fourth-order valence-electron chi connectivity index (χ4n) is 3.45. The molecule has 2 aromatic carbocycles. The van der Waals surface area contributed by atoms with Crippen molar-refractivity contribution in [2.45, 2.75) is 19.0 Å². The molecule has 0 fully saturated rings. The molecule has 168 valence electrons. The molecule has 1 atom stereocenters. The van der Waals surface area contributed by atoms with Crippen molar-refractivity contribution in [3.63, 3.8) is 0 Å². The predicted molar refractivity (Wildman–Crippen MR) is 122 cm³/mol. The zero-order valence-corrected chi connectivity index (χ0v) is 17.8. The van der Waals surface area contributed by atoms with Gasteiger partial charge in [-0.2, -0.15) is 0 Å². The Kier molecular flexibility index (Phi) is 6.94. The predicted octanol–water partition coefficient (Wildman–Crippen LogP) is 3.85. The number of hydrogen-bond acceptors (Lipinski definition) is 4. The molecule has 0 aliphatic rings. The summed E-state index contributed by atoms with van der Waals surface area (Å²) in [5.74, 6) is -0.331. The van der Waals surface area contributed by atoms with Crippen LogP contribution in [0.1, 0.15) is 23.8 Å². The van der Waals surface area contributed by atoms with E-state index < -0.39 is 6.04 Å². The fourth-order valence-corrected chi connectivity index (χ4v) is 3.45. The van der Waals surface area contributed by atoms with E-state index in [0.29, 0.717) is 12.3 Å². The van der Waals surface area contributed by atoms with E-state index in [1.165, 1.54) is 24.5 Å².